The predicted octanol–water partition coefficient (Wildman–Crippen LogP) is 1.82. The third kappa shape index (κ3) is 6.01. The van der Waals surface area contributed by atoms with Crippen LogP contribution in [0.2, 0.25) is 0 Å². The normalized spacial score (nSPS) is 20.1. The average Bonchev–Trinajstić information content (AvgIpc) is 3.01. The first-order valence-electron chi connectivity index (χ1n) is 8.05. The fourth-order valence-corrected chi connectivity index (χ4v) is 3.07. The van der Waals surface area contributed by atoms with Crippen LogP contribution in [0.3, 0.4) is 0 Å². The summed E-state index contributed by atoms with van der Waals surface area (Å²) in [5, 5.41) is 0. The third-order valence-electron chi connectivity index (χ3n) is 4.38. The molecule has 0 atom stereocenters. The molecule has 5 nitrogen and oxygen atoms in total. The summed E-state index contributed by atoms with van der Waals surface area (Å²) in [6.45, 7) is 0.689. The van der Waals surface area contributed by atoms with Crippen LogP contribution in [0.5, 0.6) is 0 Å². The van der Waals surface area contributed by atoms with E-state index in [2.05, 4.69) is 4.74 Å². The minimum atomic E-state index is -4.41. The number of amides is 2. The Balaban J connectivity index is 1.65. The highest BCUT2D eigenvalue weighted by atomic mass is 19.4. The molecule has 8 heteroatoms. The van der Waals surface area contributed by atoms with Gasteiger partial charge in [-0.15, -0.1) is 0 Å². The van der Waals surface area contributed by atoms with Gasteiger partial charge in [0.05, 0.1) is 0 Å². The van der Waals surface area contributed by atoms with Crippen molar-refractivity contribution in [3.8, 4) is 0 Å². The topological polar surface area (TPSA) is 49.9 Å². The van der Waals surface area contributed by atoms with E-state index in [9.17, 15) is 22.8 Å². The number of rotatable bonds is 5. The highest BCUT2D eigenvalue weighted by molar-refractivity contribution is 5.78. The molecule has 2 amide bonds. The largest absolute Gasteiger partial charge is 0.411 e. The van der Waals surface area contributed by atoms with E-state index in [0.717, 1.165) is 25.9 Å². The lowest BCUT2D eigenvalue weighted by Crippen LogP contribution is -2.42. The van der Waals surface area contributed by atoms with E-state index in [0.29, 0.717) is 32.4 Å². The van der Waals surface area contributed by atoms with E-state index in [-0.39, 0.29) is 11.8 Å². The van der Waals surface area contributed by atoms with Crippen LogP contribution < -0.4 is 0 Å². The zero-order chi connectivity index (χ0) is 16.9. The van der Waals surface area contributed by atoms with Gasteiger partial charge in [0.15, 0.2) is 0 Å². The molecule has 132 valence electrons. The number of likely N-dealkylation sites (tertiary alicyclic amines) is 2. The summed E-state index contributed by atoms with van der Waals surface area (Å²) in [6.07, 6.45) is -0.349. The van der Waals surface area contributed by atoms with E-state index in [1.165, 1.54) is 4.90 Å². The van der Waals surface area contributed by atoms with E-state index in [1.54, 1.807) is 0 Å². The van der Waals surface area contributed by atoms with Crippen molar-refractivity contribution < 1.29 is 27.5 Å². The zero-order valence-electron chi connectivity index (χ0n) is 13.1. The quantitative estimate of drug-likeness (QED) is 0.769. The van der Waals surface area contributed by atoms with Crippen LogP contribution in [0.1, 0.15) is 32.1 Å². The van der Waals surface area contributed by atoms with Gasteiger partial charge in [0.2, 0.25) is 11.8 Å². The lowest BCUT2D eigenvalue weighted by Gasteiger charge is -2.32. The Morgan fingerprint density at radius 3 is 2.09 bits per heavy atom. The van der Waals surface area contributed by atoms with E-state index in [4.69, 9.17) is 0 Å². The average molecular weight is 336 g/mol. The van der Waals surface area contributed by atoms with Crippen LogP contribution in [0.25, 0.3) is 0 Å². The number of hydrogen-bond donors (Lipinski definition) is 0. The highest BCUT2D eigenvalue weighted by Gasteiger charge is 2.30. The summed E-state index contributed by atoms with van der Waals surface area (Å²) in [6, 6.07) is 0. The molecule has 2 fully saturated rings. The number of nitrogens with zero attached hydrogens (tertiary/aromatic N) is 2. The van der Waals surface area contributed by atoms with Gasteiger partial charge < -0.3 is 14.5 Å². The molecular weight excluding hydrogens is 313 g/mol. The first-order valence-corrected chi connectivity index (χ1v) is 8.05. The summed E-state index contributed by atoms with van der Waals surface area (Å²) in [7, 11) is 0. The van der Waals surface area contributed by atoms with Crippen molar-refractivity contribution in [2.45, 2.75) is 38.3 Å². The molecule has 2 aliphatic heterocycles. The monoisotopic (exact) mass is 336 g/mol. The van der Waals surface area contributed by atoms with Gasteiger partial charge in [-0.1, -0.05) is 0 Å². The fraction of sp³-hybridized carbons (Fsp3) is 0.867. The summed E-state index contributed by atoms with van der Waals surface area (Å²) in [5.74, 6) is 0.0163. The number of carbonyl (C=O) groups excluding carboxylic acids is 2. The predicted molar refractivity (Wildman–Crippen MR) is 76.6 cm³/mol. The number of carbonyl (C=O) groups is 2. The second kappa shape index (κ2) is 7.99. The molecule has 0 saturated carbocycles. The smallest absolute Gasteiger partial charge is 0.362 e. The summed E-state index contributed by atoms with van der Waals surface area (Å²) in [4.78, 5) is 27.3. The Hall–Kier alpha value is -1.31. The maximum absolute atomic E-state index is 12.1. The van der Waals surface area contributed by atoms with Crippen LogP contribution in [-0.2, 0) is 14.3 Å². The van der Waals surface area contributed by atoms with Crippen molar-refractivity contribution in [2.75, 3.05) is 39.4 Å². The number of alkyl halides is 3. The minimum absolute atomic E-state index is 0.181. The lowest BCUT2D eigenvalue weighted by molar-refractivity contribution is -0.178. The van der Waals surface area contributed by atoms with Crippen LogP contribution in [0, 0.1) is 5.92 Å². The van der Waals surface area contributed by atoms with E-state index in [1.807, 2.05) is 4.90 Å². The fourth-order valence-electron chi connectivity index (χ4n) is 3.07. The molecule has 23 heavy (non-hydrogen) atoms. The number of hydrogen-bond acceptors (Lipinski definition) is 3. The Morgan fingerprint density at radius 2 is 1.52 bits per heavy atom. The Kier molecular flexibility index (Phi) is 6.26. The van der Waals surface area contributed by atoms with Crippen molar-refractivity contribution in [2.24, 2.45) is 5.92 Å². The molecule has 2 heterocycles. The Morgan fingerprint density at radius 1 is 0.957 bits per heavy atom. The van der Waals surface area contributed by atoms with E-state index < -0.39 is 25.3 Å². The maximum atomic E-state index is 12.1. The van der Waals surface area contributed by atoms with E-state index >= 15 is 0 Å². The SMILES string of the molecule is O=C(COCC(F)(F)F)N1CCC(CC(=O)N2CCCC2)CC1. The number of ether oxygens (including phenoxy) is 1. The van der Waals surface area contributed by atoms with Gasteiger partial charge in [0.1, 0.15) is 13.2 Å². The van der Waals surface area contributed by atoms with Gasteiger partial charge in [0, 0.05) is 32.6 Å². The van der Waals surface area contributed by atoms with Gasteiger partial charge in [0.25, 0.3) is 0 Å². The van der Waals surface area contributed by atoms with Crippen LogP contribution >= 0.6 is 0 Å². The van der Waals surface area contributed by atoms with Crippen LogP contribution in [0.15, 0.2) is 0 Å². The molecule has 0 radical (unpaired) electrons. The first-order chi connectivity index (χ1) is 10.8. The molecule has 0 aromatic heterocycles. The molecular formula is C15H23F3N2O3. The van der Waals surface area contributed by atoms with Gasteiger partial charge in [-0.2, -0.15) is 13.2 Å². The molecule has 0 unspecified atom stereocenters. The maximum Gasteiger partial charge on any atom is 0.411 e. The van der Waals surface area contributed by atoms with Crippen molar-refractivity contribution in [3.63, 3.8) is 0 Å². The Bertz CT molecular complexity index is 415. The van der Waals surface area contributed by atoms with Gasteiger partial charge >= 0.3 is 6.18 Å². The van der Waals surface area contributed by atoms with Gasteiger partial charge in [-0.25, -0.2) is 0 Å². The second-order valence-electron chi connectivity index (χ2n) is 6.22. The standard InChI is InChI=1S/C15H23F3N2O3/c16-15(17,18)11-23-10-14(22)20-7-3-12(4-8-20)9-13(21)19-5-1-2-6-19/h12H,1-11H2. The molecule has 2 rings (SSSR count). The minimum Gasteiger partial charge on any atom is -0.362 e. The zero-order valence-corrected chi connectivity index (χ0v) is 13.1. The third-order valence-corrected chi connectivity index (χ3v) is 4.38. The number of halogens is 3. The molecule has 0 N–H and O–H groups in total. The lowest BCUT2D eigenvalue weighted by atomic mass is 9.93. The van der Waals surface area contributed by atoms with Crippen LogP contribution in [-0.4, -0.2) is 67.2 Å². The van der Waals surface area contributed by atoms with Crippen molar-refractivity contribution in [3.05, 3.63) is 0 Å². The molecule has 0 bridgehead atoms. The summed E-state index contributed by atoms with van der Waals surface area (Å²) >= 11 is 0. The van der Waals surface area contributed by atoms with Gasteiger partial charge in [-0.05, 0) is 31.6 Å². The molecule has 0 aromatic rings. The van der Waals surface area contributed by atoms with Gasteiger partial charge in [-0.3, -0.25) is 9.59 Å². The van der Waals surface area contributed by atoms with Crippen molar-refractivity contribution >= 4 is 11.8 Å². The summed E-state index contributed by atoms with van der Waals surface area (Å²) < 4.78 is 40.3. The first kappa shape index (κ1) is 18.0. The second-order valence-corrected chi connectivity index (χ2v) is 6.22. The highest BCUT2D eigenvalue weighted by Crippen LogP contribution is 2.23. The molecule has 2 saturated heterocycles. The summed E-state index contributed by atoms with van der Waals surface area (Å²) in [5.41, 5.74) is 0. The van der Waals surface area contributed by atoms with Crippen molar-refractivity contribution in [1.82, 2.24) is 9.80 Å². The number of piperidine rings is 1. The molecule has 2 aliphatic rings. The Labute approximate surface area is 133 Å². The molecule has 0 aromatic carbocycles. The molecule has 0 spiro atoms. The molecule has 0 aliphatic carbocycles. The van der Waals surface area contributed by atoms with Crippen LogP contribution in [0.4, 0.5) is 13.2 Å². The van der Waals surface area contributed by atoms with Crippen molar-refractivity contribution in [1.29, 1.82) is 0 Å².